The van der Waals surface area contributed by atoms with Gasteiger partial charge in [0, 0.05) is 0 Å². The first-order valence-electron chi connectivity index (χ1n) is 3.40. The van der Waals surface area contributed by atoms with Crippen LogP contribution in [-0.2, 0) is 10.0 Å². The van der Waals surface area contributed by atoms with Crippen LogP contribution in [0.15, 0.2) is 11.0 Å². The molecule has 1 heterocycles. The molecule has 9 heteroatoms. The van der Waals surface area contributed by atoms with Crippen molar-refractivity contribution in [2.75, 3.05) is 0 Å². The topological polar surface area (TPSA) is 73.1 Å². The highest BCUT2D eigenvalue weighted by molar-refractivity contribution is 14.1. The van der Waals surface area contributed by atoms with E-state index in [1.807, 2.05) is 0 Å². The number of sulfonamides is 1. The van der Waals surface area contributed by atoms with Crippen LogP contribution in [0.4, 0.5) is 13.2 Å². The van der Waals surface area contributed by atoms with E-state index < -0.39 is 36.6 Å². The molecule has 0 aliphatic rings. The quantitative estimate of drug-likeness (QED) is 0.646. The molecule has 0 aliphatic carbocycles. The van der Waals surface area contributed by atoms with Crippen LogP contribution in [0.3, 0.4) is 0 Å². The first-order valence-corrected chi connectivity index (χ1v) is 6.03. The summed E-state index contributed by atoms with van der Waals surface area (Å²) in [6, 6.07) is 0.428. The summed E-state index contributed by atoms with van der Waals surface area (Å²) in [6.07, 6.45) is -2.99. The molecule has 1 aromatic rings. The third-order valence-corrected chi connectivity index (χ3v) is 3.06. The Morgan fingerprint density at radius 3 is 2.40 bits per heavy atom. The smallest absolute Gasteiger partial charge is 0.238 e. The van der Waals surface area contributed by atoms with Gasteiger partial charge in [-0.3, -0.25) is 0 Å². The van der Waals surface area contributed by atoms with Crippen molar-refractivity contribution in [3.05, 3.63) is 21.3 Å². The highest BCUT2D eigenvalue weighted by atomic mass is 127. The van der Waals surface area contributed by atoms with Crippen molar-refractivity contribution in [3.8, 4) is 0 Å². The molecule has 2 N–H and O–H groups in total. The minimum absolute atomic E-state index is 0.428. The Kier molecular flexibility index (Phi) is 3.55. The van der Waals surface area contributed by atoms with Crippen LogP contribution in [0.1, 0.15) is 12.1 Å². The van der Waals surface area contributed by atoms with Gasteiger partial charge in [0.1, 0.15) is 14.3 Å². The van der Waals surface area contributed by atoms with Gasteiger partial charge in [0.15, 0.2) is 5.82 Å². The van der Waals surface area contributed by atoms with Gasteiger partial charge in [-0.05, 0) is 28.7 Å². The number of nitrogens with zero attached hydrogens (tertiary/aromatic N) is 1. The Bertz CT molecular complexity index is 491. The molecule has 0 bridgehead atoms. The number of hydrogen-bond acceptors (Lipinski definition) is 3. The molecule has 0 amide bonds. The SMILES string of the molecule is NS(=O)(=O)c1cc(C(F)F)nc(I)c1F. The Morgan fingerprint density at radius 1 is 1.47 bits per heavy atom. The largest absolute Gasteiger partial charge is 0.280 e. The maximum Gasteiger partial charge on any atom is 0.280 e. The fraction of sp³-hybridized carbons (Fsp3) is 0.167. The molecule has 0 aliphatic heterocycles. The second kappa shape index (κ2) is 4.22. The fourth-order valence-corrected chi connectivity index (χ4v) is 2.20. The lowest BCUT2D eigenvalue weighted by atomic mass is 10.3. The van der Waals surface area contributed by atoms with Crippen molar-refractivity contribution in [3.63, 3.8) is 0 Å². The van der Waals surface area contributed by atoms with E-state index in [0.29, 0.717) is 6.07 Å². The van der Waals surface area contributed by atoms with Crippen molar-refractivity contribution in [2.24, 2.45) is 5.14 Å². The van der Waals surface area contributed by atoms with E-state index in [1.54, 1.807) is 0 Å². The normalized spacial score (nSPS) is 12.1. The molecular weight excluding hydrogens is 348 g/mol. The van der Waals surface area contributed by atoms with Gasteiger partial charge < -0.3 is 0 Å². The van der Waals surface area contributed by atoms with E-state index in [0.717, 1.165) is 0 Å². The predicted molar refractivity (Wildman–Crippen MR) is 53.2 cm³/mol. The summed E-state index contributed by atoms with van der Waals surface area (Å²) in [6.45, 7) is 0. The van der Waals surface area contributed by atoms with E-state index in [1.165, 1.54) is 22.6 Å². The first kappa shape index (κ1) is 12.6. The predicted octanol–water partition coefficient (Wildman–Crippen LogP) is 1.41. The van der Waals surface area contributed by atoms with Gasteiger partial charge in [0.05, 0.1) is 0 Å². The van der Waals surface area contributed by atoms with Crippen molar-refractivity contribution in [2.45, 2.75) is 11.3 Å². The molecule has 4 nitrogen and oxygen atoms in total. The van der Waals surface area contributed by atoms with Crippen LogP contribution in [0, 0.1) is 9.52 Å². The lowest BCUT2D eigenvalue weighted by Crippen LogP contribution is -2.16. The summed E-state index contributed by atoms with van der Waals surface area (Å²) in [5.74, 6) is -1.22. The molecule has 84 valence electrons. The van der Waals surface area contributed by atoms with Crippen LogP contribution in [-0.4, -0.2) is 13.4 Å². The minimum Gasteiger partial charge on any atom is -0.238 e. The van der Waals surface area contributed by atoms with Crippen molar-refractivity contribution >= 4 is 32.6 Å². The van der Waals surface area contributed by atoms with Gasteiger partial charge >= 0.3 is 0 Å². The zero-order valence-electron chi connectivity index (χ0n) is 6.92. The highest BCUT2D eigenvalue weighted by Gasteiger charge is 2.22. The van der Waals surface area contributed by atoms with Crippen LogP contribution >= 0.6 is 22.6 Å². The molecule has 1 rings (SSSR count). The van der Waals surface area contributed by atoms with Gasteiger partial charge in [-0.2, -0.15) is 0 Å². The van der Waals surface area contributed by atoms with Crippen LogP contribution in [0.5, 0.6) is 0 Å². The Balaban J connectivity index is 3.52. The number of nitrogens with two attached hydrogens (primary N) is 1. The van der Waals surface area contributed by atoms with Crippen molar-refractivity contribution in [1.29, 1.82) is 0 Å². The van der Waals surface area contributed by atoms with Gasteiger partial charge in [-0.1, -0.05) is 0 Å². The lowest BCUT2D eigenvalue weighted by molar-refractivity contribution is 0.145. The van der Waals surface area contributed by atoms with Crippen molar-refractivity contribution < 1.29 is 21.6 Å². The molecule has 15 heavy (non-hydrogen) atoms. The Hall–Kier alpha value is -0.420. The lowest BCUT2D eigenvalue weighted by Gasteiger charge is -2.05. The maximum atomic E-state index is 13.2. The highest BCUT2D eigenvalue weighted by Crippen LogP contribution is 2.24. The molecule has 0 saturated heterocycles. The van der Waals surface area contributed by atoms with Crippen LogP contribution < -0.4 is 5.14 Å². The Labute approximate surface area is 96.9 Å². The standard InChI is InChI=1S/C6H4F3IN2O2S/c7-4-3(15(11,13)14)1-2(5(8)9)12-6(4)10/h1,5H,(H2,11,13,14). The van der Waals surface area contributed by atoms with Gasteiger partial charge in [0.2, 0.25) is 10.0 Å². The third kappa shape index (κ3) is 2.78. The summed E-state index contributed by atoms with van der Waals surface area (Å²) in [4.78, 5) is 2.21. The average molecular weight is 352 g/mol. The van der Waals surface area contributed by atoms with E-state index in [2.05, 4.69) is 10.1 Å². The summed E-state index contributed by atoms with van der Waals surface area (Å²) in [7, 11) is -4.37. The zero-order valence-corrected chi connectivity index (χ0v) is 9.89. The van der Waals surface area contributed by atoms with E-state index >= 15 is 0 Å². The molecule has 0 spiro atoms. The molecule has 0 saturated carbocycles. The Morgan fingerprint density at radius 2 is 2.00 bits per heavy atom. The maximum absolute atomic E-state index is 13.2. The number of primary sulfonamides is 1. The second-order valence-corrected chi connectivity index (χ2v) is 5.05. The number of halogens is 4. The third-order valence-electron chi connectivity index (χ3n) is 1.43. The molecule has 0 unspecified atom stereocenters. The summed E-state index contributed by atoms with van der Waals surface area (Å²) < 4.78 is 58.8. The number of alkyl halides is 2. The van der Waals surface area contributed by atoms with Crippen LogP contribution in [0.25, 0.3) is 0 Å². The molecule has 1 aromatic heterocycles. The number of aromatic nitrogens is 1. The average Bonchev–Trinajstić information content (AvgIpc) is 2.06. The molecule has 0 aromatic carbocycles. The monoisotopic (exact) mass is 352 g/mol. The van der Waals surface area contributed by atoms with E-state index in [4.69, 9.17) is 0 Å². The summed E-state index contributed by atoms with van der Waals surface area (Å²) in [5, 5.41) is 4.65. The van der Waals surface area contributed by atoms with Crippen molar-refractivity contribution in [1.82, 2.24) is 4.98 Å². The van der Waals surface area contributed by atoms with E-state index in [-0.39, 0.29) is 0 Å². The molecular formula is C6H4F3IN2O2S. The van der Waals surface area contributed by atoms with E-state index in [9.17, 15) is 21.6 Å². The second-order valence-electron chi connectivity index (χ2n) is 2.50. The zero-order chi connectivity index (χ0) is 11.8. The number of hydrogen-bond donors (Lipinski definition) is 1. The molecule has 0 fully saturated rings. The fourth-order valence-electron chi connectivity index (χ4n) is 0.813. The van der Waals surface area contributed by atoms with Gasteiger partial charge in [-0.15, -0.1) is 0 Å². The number of pyridine rings is 1. The summed E-state index contributed by atoms with van der Waals surface area (Å²) >= 11 is 1.31. The first-order chi connectivity index (χ1) is 6.73. The van der Waals surface area contributed by atoms with Gasteiger partial charge in [0.25, 0.3) is 6.43 Å². The van der Waals surface area contributed by atoms with Gasteiger partial charge in [-0.25, -0.2) is 31.7 Å². The molecule has 0 atom stereocenters. The number of rotatable bonds is 2. The molecule has 0 radical (unpaired) electrons. The van der Waals surface area contributed by atoms with Crippen LogP contribution in [0.2, 0.25) is 0 Å². The minimum atomic E-state index is -4.37. The summed E-state index contributed by atoms with van der Waals surface area (Å²) in [5.41, 5.74) is -0.829.